The summed E-state index contributed by atoms with van der Waals surface area (Å²) in [6.45, 7) is 2.42. The number of nitrogens with zero attached hydrogens (tertiary/aromatic N) is 4. The van der Waals surface area contributed by atoms with E-state index in [1.807, 2.05) is 6.92 Å². The van der Waals surface area contributed by atoms with Gasteiger partial charge in [0.15, 0.2) is 17.4 Å². The lowest BCUT2D eigenvalue weighted by Crippen LogP contribution is -2.64. The molecule has 0 radical (unpaired) electrons. The number of carbonyl (C=O) groups excluding carboxylic acids is 1. The highest BCUT2D eigenvalue weighted by Crippen LogP contribution is 2.37. The zero-order chi connectivity index (χ0) is 25.8. The van der Waals surface area contributed by atoms with E-state index in [9.17, 15) is 9.90 Å². The van der Waals surface area contributed by atoms with Crippen LogP contribution in [0.2, 0.25) is 10.0 Å². The van der Waals surface area contributed by atoms with Gasteiger partial charge in [-0.15, -0.1) is 0 Å². The molecule has 36 heavy (non-hydrogen) atoms. The number of aliphatic hydroxyl groups is 1. The largest absolute Gasteiger partial charge is 0.497 e. The van der Waals surface area contributed by atoms with Crippen LogP contribution in [0.4, 0.5) is 17.1 Å². The van der Waals surface area contributed by atoms with E-state index in [1.165, 1.54) is 9.80 Å². The first-order valence-electron chi connectivity index (χ1n) is 10.9. The van der Waals surface area contributed by atoms with E-state index >= 15 is 0 Å². The fourth-order valence-electron chi connectivity index (χ4n) is 3.62. The molecule has 0 aromatic heterocycles. The van der Waals surface area contributed by atoms with Crippen molar-refractivity contribution in [3.63, 3.8) is 0 Å². The summed E-state index contributed by atoms with van der Waals surface area (Å²) >= 11 is 18.3. The predicted octanol–water partition coefficient (Wildman–Crippen LogP) is 6.01. The molecule has 1 fully saturated rings. The number of hydrogen-bond donors (Lipinski definition) is 1. The SMILES string of the molecule is CCOc1ccc(N=NC2C(=O)N(c3cccc(Cl)c3Cl)C(=S)N(c3ccc(OC)cc3)C2O)cc1. The minimum atomic E-state index is -1.43. The maximum Gasteiger partial charge on any atom is 0.264 e. The van der Waals surface area contributed by atoms with Crippen LogP contribution < -0.4 is 19.3 Å². The van der Waals surface area contributed by atoms with Crippen molar-refractivity contribution in [2.75, 3.05) is 23.5 Å². The lowest BCUT2D eigenvalue weighted by molar-refractivity contribution is -0.121. The fourth-order valence-corrected chi connectivity index (χ4v) is 4.40. The Labute approximate surface area is 223 Å². The minimum Gasteiger partial charge on any atom is -0.497 e. The molecule has 1 heterocycles. The zero-order valence-corrected chi connectivity index (χ0v) is 21.7. The molecule has 0 spiro atoms. The van der Waals surface area contributed by atoms with Gasteiger partial charge in [-0.3, -0.25) is 14.6 Å². The van der Waals surface area contributed by atoms with Crippen LogP contribution in [-0.2, 0) is 4.79 Å². The van der Waals surface area contributed by atoms with Crippen molar-refractivity contribution in [1.29, 1.82) is 0 Å². The van der Waals surface area contributed by atoms with Crippen LogP contribution in [-0.4, -0.2) is 42.1 Å². The van der Waals surface area contributed by atoms with Gasteiger partial charge >= 0.3 is 0 Å². The topological polar surface area (TPSA) is 87.0 Å². The summed E-state index contributed by atoms with van der Waals surface area (Å²) in [5.74, 6) is 0.702. The van der Waals surface area contributed by atoms with Gasteiger partial charge in [0.25, 0.3) is 5.91 Å². The molecule has 1 amide bonds. The maximum atomic E-state index is 13.6. The second-order valence-electron chi connectivity index (χ2n) is 7.60. The Bertz CT molecular complexity index is 1290. The first-order chi connectivity index (χ1) is 17.3. The average Bonchev–Trinajstić information content (AvgIpc) is 2.88. The summed E-state index contributed by atoms with van der Waals surface area (Å²) in [5, 5.41) is 20.1. The van der Waals surface area contributed by atoms with Crippen LogP contribution in [0.5, 0.6) is 11.5 Å². The Hall–Kier alpha value is -3.24. The molecule has 1 aliphatic rings. The molecule has 8 nitrogen and oxygen atoms in total. The highest BCUT2D eigenvalue weighted by molar-refractivity contribution is 7.81. The zero-order valence-electron chi connectivity index (χ0n) is 19.3. The van der Waals surface area contributed by atoms with Gasteiger partial charge in [-0.1, -0.05) is 29.3 Å². The standard InChI is InChI=1S/C25H22Cl2N4O4S/c1-3-35-18-11-7-15(8-12-18)28-29-22-23(32)30(16-9-13-17(34-2)14-10-16)25(36)31(24(22)33)20-6-4-5-19(26)21(20)27/h4-14,22-23,32H,3H2,1-2H3. The number of ether oxygens (including phenoxy) is 2. The molecule has 0 saturated carbocycles. The van der Waals surface area contributed by atoms with Crippen molar-refractivity contribution in [1.82, 2.24) is 0 Å². The Morgan fingerprint density at radius 3 is 2.33 bits per heavy atom. The lowest BCUT2D eigenvalue weighted by Gasteiger charge is -2.42. The van der Waals surface area contributed by atoms with Gasteiger partial charge in [-0.2, -0.15) is 10.2 Å². The van der Waals surface area contributed by atoms with E-state index in [0.717, 1.165) is 0 Å². The Morgan fingerprint density at radius 2 is 1.69 bits per heavy atom. The van der Waals surface area contributed by atoms with Gasteiger partial charge < -0.3 is 14.6 Å². The molecular weight excluding hydrogens is 523 g/mol. The number of benzene rings is 3. The first-order valence-corrected chi connectivity index (χ1v) is 12.1. The number of halogens is 2. The molecule has 3 aromatic carbocycles. The van der Waals surface area contributed by atoms with Crippen LogP contribution in [0.1, 0.15) is 6.92 Å². The smallest absolute Gasteiger partial charge is 0.264 e. The van der Waals surface area contributed by atoms with Crippen molar-refractivity contribution >= 4 is 63.5 Å². The van der Waals surface area contributed by atoms with Gasteiger partial charge in [0, 0.05) is 5.69 Å². The third-order valence-electron chi connectivity index (χ3n) is 5.39. The quantitative estimate of drug-likeness (QED) is 0.289. The number of thiocarbonyl (C=S) groups is 1. The molecular formula is C25H22Cl2N4O4S. The van der Waals surface area contributed by atoms with E-state index in [0.29, 0.717) is 29.5 Å². The van der Waals surface area contributed by atoms with Crippen molar-refractivity contribution in [3.05, 3.63) is 76.8 Å². The van der Waals surface area contributed by atoms with Crippen LogP contribution in [0, 0.1) is 0 Å². The average molecular weight is 545 g/mol. The minimum absolute atomic E-state index is 0.00866. The lowest BCUT2D eigenvalue weighted by atomic mass is 10.1. The first kappa shape index (κ1) is 25.8. The highest BCUT2D eigenvalue weighted by Gasteiger charge is 2.46. The van der Waals surface area contributed by atoms with Crippen molar-refractivity contribution < 1.29 is 19.4 Å². The number of aliphatic hydroxyl groups excluding tert-OH is 1. The van der Waals surface area contributed by atoms with Crippen molar-refractivity contribution in [2.24, 2.45) is 10.2 Å². The maximum absolute atomic E-state index is 13.6. The number of amides is 1. The molecule has 1 N–H and O–H groups in total. The molecule has 0 bridgehead atoms. The van der Waals surface area contributed by atoms with E-state index in [1.54, 1.807) is 73.8 Å². The third-order valence-corrected chi connectivity index (χ3v) is 6.57. The monoisotopic (exact) mass is 544 g/mol. The number of azo groups is 1. The van der Waals surface area contributed by atoms with Gasteiger partial charge in [-0.25, -0.2) is 0 Å². The number of hydrogen-bond acceptors (Lipinski definition) is 7. The van der Waals surface area contributed by atoms with Crippen LogP contribution in [0.15, 0.2) is 77.0 Å². The summed E-state index contributed by atoms with van der Waals surface area (Å²) in [7, 11) is 1.55. The molecule has 4 rings (SSSR count). The molecule has 11 heteroatoms. The summed E-state index contributed by atoms with van der Waals surface area (Å²) in [6, 6.07) is 17.3. The molecule has 0 aliphatic carbocycles. The van der Waals surface area contributed by atoms with E-state index in [-0.39, 0.29) is 20.8 Å². The van der Waals surface area contributed by atoms with Gasteiger partial charge in [-0.05, 0) is 79.8 Å². The summed E-state index contributed by atoms with van der Waals surface area (Å²) in [6.07, 6.45) is -1.43. The number of rotatable bonds is 7. The van der Waals surface area contributed by atoms with E-state index in [4.69, 9.17) is 44.9 Å². The Kier molecular flexibility index (Phi) is 8.05. The predicted molar refractivity (Wildman–Crippen MR) is 144 cm³/mol. The highest BCUT2D eigenvalue weighted by atomic mass is 35.5. The van der Waals surface area contributed by atoms with Crippen LogP contribution in [0.25, 0.3) is 0 Å². The molecule has 2 unspecified atom stereocenters. The summed E-state index contributed by atoms with van der Waals surface area (Å²) in [5.41, 5.74) is 1.27. The summed E-state index contributed by atoms with van der Waals surface area (Å²) in [4.78, 5) is 16.2. The van der Waals surface area contributed by atoms with E-state index < -0.39 is 18.2 Å². The molecule has 1 aliphatic heterocycles. The molecule has 2 atom stereocenters. The third kappa shape index (κ3) is 5.15. The number of methoxy groups -OCH3 is 1. The molecule has 3 aromatic rings. The molecule has 186 valence electrons. The van der Waals surface area contributed by atoms with Gasteiger partial charge in [0.1, 0.15) is 11.5 Å². The van der Waals surface area contributed by atoms with Crippen molar-refractivity contribution in [2.45, 2.75) is 19.2 Å². The summed E-state index contributed by atoms with van der Waals surface area (Å²) < 4.78 is 10.7. The molecule has 1 saturated heterocycles. The van der Waals surface area contributed by atoms with Crippen LogP contribution >= 0.6 is 35.4 Å². The van der Waals surface area contributed by atoms with Gasteiger partial charge in [0.2, 0.25) is 0 Å². The van der Waals surface area contributed by atoms with Gasteiger partial charge in [0.05, 0.1) is 35.1 Å². The second-order valence-corrected chi connectivity index (χ2v) is 8.75. The van der Waals surface area contributed by atoms with Crippen molar-refractivity contribution in [3.8, 4) is 11.5 Å². The van der Waals surface area contributed by atoms with E-state index in [2.05, 4.69) is 10.2 Å². The number of carbonyl (C=O) groups is 1. The fraction of sp³-hybridized carbons (Fsp3) is 0.200. The number of anilines is 2. The normalized spacial score (nSPS) is 18.1. The Balaban J connectivity index is 1.75. The van der Waals surface area contributed by atoms with Crippen LogP contribution in [0.3, 0.4) is 0 Å². The second kappa shape index (κ2) is 11.2. The Morgan fingerprint density at radius 1 is 1.03 bits per heavy atom.